The molecule has 0 aromatic heterocycles. The van der Waals surface area contributed by atoms with E-state index >= 15 is 0 Å². The number of alkyl halides is 3. The summed E-state index contributed by atoms with van der Waals surface area (Å²) >= 11 is 0. The van der Waals surface area contributed by atoms with Crippen LogP contribution in [0.25, 0.3) is 0 Å². The zero-order chi connectivity index (χ0) is 21.6. The van der Waals surface area contributed by atoms with Crippen molar-refractivity contribution < 1.29 is 31.1 Å². The second-order valence-corrected chi connectivity index (χ2v) is 5.75. The number of aliphatic imine (C=N–C) groups is 1. The molecule has 0 fully saturated rings. The Kier molecular flexibility index (Phi) is 7.08. The quantitative estimate of drug-likeness (QED) is 0.302. The number of benzene rings is 2. The highest BCUT2D eigenvalue weighted by Crippen LogP contribution is 2.29. The van der Waals surface area contributed by atoms with Crippen LogP contribution in [0.15, 0.2) is 41.4 Å². The first-order chi connectivity index (χ1) is 13.6. The number of rotatable bonds is 5. The first-order valence-electron chi connectivity index (χ1n) is 8.16. The Morgan fingerprint density at radius 1 is 1.03 bits per heavy atom. The highest BCUT2D eigenvalue weighted by atomic mass is 19.4. The van der Waals surface area contributed by atoms with Crippen LogP contribution in [-0.2, 0) is 17.5 Å². The number of guanidine groups is 1. The van der Waals surface area contributed by atoms with E-state index < -0.39 is 47.3 Å². The van der Waals surface area contributed by atoms with Crippen LogP contribution < -0.4 is 16.0 Å². The number of nitrogens with one attached hydrogen (secondary N) is 3. The molecule has 0 heterocycles. The van der Waals surface area contributed by atoms with Crippen LogP contribution in [0, 0.1) is 17.5 Å². The predicted octanol–water partition coefficient (Wildman–Crippen LogP) is 3.43. The zero-order valence-corrected chi connectivity index (χ0v) is 15.0. The lowest BCUT2D eigenvalue weighted by Crippen LogP contribution is -2.41. The molecule has 156 valence electrons. The Balaban J connectivity index is 1.89. The summed E-state index contributed by atoms with van der Waals surface area (Å²) < 4.78 is 77.8. The number of carbonyl (C=O) groups excluding carboxylic acids is 1. The highest BCUT2D eigenvalue weighted by Gasteiger charge is 2.30. The van der Waals surface area contributed by atoms with Gasteiger partial charge in [-0.2, -0.15) is 13.2 Å². The van der Waals surface area contributed by atoms with Crippen molar-refractivity contribution in [3.8, 4) is 0 Å². The van der Waals surface area contributed by atoms with Crippen LogP contribution in [0.4, 0.5) is 32.0 Å². The number of amides is 1. The number of halogens is 6. The third-order valence-electron chi connectivity index (χ3n) is 3.66. The van der Waals surface area contributed by atoms with Crippen molar-refractivity contribution in [3.63, 3.8) is 0 Å². The lowest BCUT2D eigenvalue weighted by molar-refractivity contribution is -0.137. The van der Waals surface area contributed by atoms with Crippen LogP contribution in [-0.4, -0.2) is 25.5 Å². The van der Waals surface area contributed by atoms with Crippen molar-refractivity contribution >= 4 is 17.6 Å². The largest absolute Gasteiger partial charge is 0.416 e. The van der Waals surface area contributed by atoms with Crippen LogP contribution in [0.3, 0.4) is 0 Å². The van der Waals surface area contributed by atoms with Crippen LogP contribution in [0.5, 0.6) is 0 Å². The van der Waals surface area contributed by atoms with Gasteiger partial charge in [0, 0.05) is 13.6 Å². The van der Waals surface area contributed by atoms with Gasteiger partial charge >= 0.3 is 6.18 Å². The van der Waals surface area contributed by atoms with Gasteiger partial charge in [0.1, 0.15) is 0 Å². The van der Waals surface area contributed by atoms with Gasteiger partial charge in [-0.15, -0.1) is 0 Å². The third kappa shape index (κ3) is 6.13. The first-order valence-corrected chi connectivity index (χ1v) is 8.16. The van der Waals surface area contributed by atoms with Gasteiger partial charge in [-0.05, 0) is 29.8 Å². The van der Waals surface area contributed by atoms with E-state index in [1.807, 2.05) is 0 Å². The van der Waals surface area contributed by atoms with Crippen LogP contribution in [0.1, 0.15) is 11.1 Å². The van der Waals surface area contributed by atoms with E-state index in [0.717, 1.165) is 18.2 Å². The van der Waals surface area contributed by atoms with Crippen molar-refractivity contribution in [2.75, 3.05) is 18.9 Å². The maximum absolute atomic E-state index is 13.5. The number of nitrogens with zero attached hydrogens (tertiary/aromatic N) is 1. The average Bonchev–Trinajstić information content (AvgIpc) is 2.68. The van der Waals surface area contributed by atoms with Crippen molar-refractivity contribution in [1.29, 1.82) is 0 Å². The first kappa shape index (κ1) is 22.1. The average molecular weight is 418 g/mol. The monoisotopic (exact) mass is 418 g/mol. The molecule has 0 aliphatic rings. The van der Waals surface area contributed by atoms with E-state index in [1.165, 1.54) is 19.2 Å². The maximum Gasteiger partial charge on any atom is 0.416 e. The van der Waals surface area contributed by atoms with E-state index in [1.54, 1.807) is 0 Å². The number of hydrogen-bond donors (Lipinski definition) is 3. The van der Waals surface area contributed by atoms with E-state index in [0.29, 0.717) is 11.6 Å². The lowest BCUT2D eigenvalue weighted by atomic mass is 10.1. The molecule has 0 spiro atoms. The number of anilines is 1. The molecule has 0 atom stereocenters. The fourth-order valence-corrected chi connectivity index (χ4v) is 2.24. The molecular weight excluding hydrogens is 402 g/mol. The second-order valence-electron chi connectivity index (χ2n) is 5.75. The molecule has 2 aromatic rings. The fourth-order valence-electron chi connectivity index (χ4n) is 2.24. The number of carbonyl (C=O) groups is 1. The molecule has 0 saturated heterocycles. The van der Waals surface area contributed by atoms with Gasteiger partial charge in [0.05, 0.1) is 17.8 Å². The van der Waals surface area contributed by atoms with E-state index in [9.17, 15) is 31.1 Å². The minimum Gasteiger partial charge on any atom is -0.352 e. The molecule has 0 aliphatic carbocycles. The summed E-state index contributed by atoms with van der Waals surface area (Å²) in [6.45, 7) is -0.427. The molecule has 3 N–H and O–H groups in total. The Hall–Kier alpha value is -3.24. The van der Waals surface area contributed by atoms with Gasteiger partial charge in [-0.1, -0.05) is 12.1 Å². The minimum atomic E-state index is -4.47. The normalized spacial score (nSPS) is 11.9. The third-order valence-corrected chi connectivity index (χ3v) is 3.66. The molecular formula is C18H16F6N4O. The molecule has 11 heteroatoms. The molecule has 0 aliphatic heterocycles. The van der Waals surface area contributed by atoms with Crippen molar-refractivity contribution in [2.24, 2.45) is 4.99 Å². The summed E-state index contributed by atoms with van der Waals surface area (Å²) in [6, 6.07) is 6.19. The van der Waals surface area contributed by atoms with E-state index in [4.69, 9.17) is 0 Å². The van der Waals surface area contributed by atoms with Crippen molar-refractivity contribution in [1.82, 2.24) is 10.6 Å². The summed E-state index contributed by atoms with van der Waals surface area (Å²) in [4.78, 5) is 15.7. The molecule has 2 aromatic carbocycles. The molecule has 0 radical (unpaired) electrons. The van der Waals surface area contributed by atoms with Gasteiger partial charge in [-0.25, -0.2) is 13.2 Å². The summed E-state index contributed by atoms with van der Waals surface area (Å²) in [7, 11) is 1.37. The summed E-state index contributed by atoms with van der Waals surface area (Å²) in [6.07, 6.45) is -4.47. The highest BCUT2D eigenvalue weighted by molar-refractivity contribution is 5.95. The second kappa shape index (κ2) is 9.30. The number of hydrogen-bond acceptors (Lipinski definition) is 2. The van der Waals surface area contributed by atoms with E-state index in [2.05, 4.69) is 20.9 Å². The topological polar surface area (TPSA) is 65.5 Å². The standard InChI is InChI=1S/C18H16F6N4O/c1-25-17(26-8-10-3-2-4-11(7-10)18(22,23)24)27-9-14(29)28-13-6-5-12(19)15(20)16(13)21/h2-7H,8-9H2,1H3,(H,28,29)(H2,25,26,27). The van der Waals surface area contributed by atoms with E-state index in [-0.39, 0.29) is 12.5 Å². The fraction of sp³-hybridized carbons (Fsp3) is 0.222. The molecule has 0 bridgehead atoms. The van der Waals surface area contributed by atoms with Gasteiger partial charge in [0.15, 0.2) is 23.4 Å². The Bertz CT molecular complexity index is 914. The van der Waals surface area contributed by atoms with Crippen LogP contribution >= 0.6 is 0 Å². The van der Waals surface area contributed by atoms with Gasteiger partial charge in [0.25, 0.3) is 0 Å². The molecule has 1 amide bonds. The molecule has 0 saturated carbocycles. The molecule has 0 unspecified atom stereocenters. The van der Waals surface area contributed by atoms with Gasteiger partial charge < -0.3 is 16.0 Å². The minimum absolute atomic E-state index is 0.0109. The Labute approximate surface area is 161 Å². The van der Waals surface area contributed by atoms with Gasteiger partial charge in [0.2, 0.25) is 5.91 Å². The van der Waals surface area contributed by atoms with Crippen molar-refractivity contribution in [2.45, 2.75) is 12.7 Å². The summed E-state index contributed by atoms with van der Waals surface area (Å²) in [5, 5.41) is 7.35. The predicted molar refractivity (Wildman–Crippen MR) is 94.6 cm³/mol. The molecule has 5 nitrogen and oxygen atoms in total. The zero-order valence-electron chi connectivity index (χ0n) is 15.0. The lowest BCUT2D eigenvalue weighted by Gasteiger charge is -2.13. The molecule has 29 heavy (non-hydrogen) atoms. The Morgan fingerprint density at radius 3 is 2.41 bits per heavy atom. The van der Waals surface area contributed by atoms with Gasteiger partial charge in [-0.3, -0.25) is 9.79 Å². The smallest absolute Gasteiger partial charge is 0.352 e. The summed E-state index contributed by atoms with van der Waals surface area (Å²) in [5.74, 6) is -5.34. The SMILES string of the molecule is CN=C(NCC(=O)Nc1ccc(F)c(F)c1F)NCc1cccc(C(F)(F)F)c1. The van der Waals surface area contributed by atoms with Crippen molar-refractivity contribution in [3.05, 3.63) is 65.0 Å². The summed E-state index contributed by atoms with van der Waals surface area (Å²) in [5.41, 5.74) is -1.01. The molecule has 2 rings (SSSR count). The maximum atomic E-state index is 13.5. The van der Waals surface area contributed by atoms with Crippen LogP contribution in [0.2, 0.25) is 0 Å². The Morgan fingerprint density at radius 2 is 1.76 bits per heavy atom.